The van der Waals surface area contributed by atoms with E-state index in [9.17, 15) is 14.4 Å². The monoisotopic (exact) mass is 214 g/mol. The van der Waals surface area contributed by atoms with Gasteiger partial charge in [0.15, 0.2) is 0 Å². The van der Waals surface area contributed by atoms with E-state index in [0.29, 0.717) is 6.61 Å². The molecule has 0 spiro atoms. The Hall–Kier alpha value is -1.43. The molecule has 0 radical (unpaired) electrons. The molecule has 0 aliphatic carbocycles. The Kier molecular flexibility index (Phi) is 3.79. The van der Waals surface area contributed by atoms with Crippen LogP contribution in [-0.2, 0) is 19.1 Å². The van der Waals surface area contributed by atoms with E-state index in [1.807, 2.05) is 0 Å². The van der Waals surface area contributed by atoms with E-state index in [1.165, 1.54) is 7.05 Å². The van der Waals surface area contributed by atoms with E-state index < -0.39 is 12.0 Å². The summed E-state index contributed by atoms with van der Waals surface area (Å²) in [5.74, 6) is -0.960. The lowest BCUT2D eigenvalue weighted by Crippen LogP contribution is -2.40. The highest BCUT2D eigenvalue weighted by atomic mass is 16.5. The van der Waals surface area contributed by atoms with Gasteiger partial charge in [0.1, 0.15) is 0 Å². The van der Waals surface area contributed by atoms with E-state index >= 15 is 0 Å². The third-order valence-electron chi connectivity index (χ3n) is 2.18. The summed E-state index contributed by atoms with van der Waals surface area (Å²) in [5, 5.41) is 2.69. The summed E-state index contributed by atoms with van der Waals surface area (Å²) in [6.07, 6.45) is 0.106. The van der Waals surface area contributed by atoms with E-state index in [1.54, 1.807) is 6.92 Å². The molecule has 0 aromatic heterocycles. The second-order valence-corrected chi connectivity index (χ2v) is 3.23. The second-order valence-electron chi connectivity index (χ2n) is 3.23. The molecule has 1 aliphatic rings. The first-order valence-corrected chi connectivity index (χ1v) is 4.75. The number of ether oxygens (including phenoxy) is 1. The minimum absolute atomic E-state index is 0.0502. The van der Waals surface area contributed by atoms with E-state index in [2.05, 4.69) is 10.1 Å². The average Bonchev–Trinajstić information content (AvgIpc) is 2.43. The lowest BCUT2D eigenvalue weighted by molar-refractivity contribution is -0.142. The number of esters is 1. The zero-order valence-electron chi connectivity index (χ0n) is 8.78. The van der Waals surface area contributed by atoms with Gasteiger partial charge in [-0.1, -0.05) is 0 Å². The fraction of sp³-hybridized carbons (Fsp3) is 0.667. The number of carbonyl (C=O) groups excluding carboxylic acids is 3. The van der Waals surface area contributed by atoms with Crippen LogP contribution in [0.2, 0.25) is 0 Å². The Bertz CT molecular complexity index is 290. The number of likely N-dealkylation sites (N-methyl/N-ethyl adjacent to an activating group) is 1. The summed E-state index contributed by atoms with van der Waals surface area (Å²) in [7, 11) is 1.43. The highest BCUT2D eigenvalue weighted by Gasteiger charge is 2.35. The predicted molar refractivity (Wildman–Crippen MR) is 50.8 cm³/mol. The molecule has 0 aromatic rings. The highest BCUT2D eigenvalue weighted by Crippen LogP contribution is 2.09. The van der Waals surface area contributed by atoms with Crippen LogP contribution in [0.1, 0.15) is 13.3 Å². The van der Waals surface area contributed by atoms with E-state index in [-0.39, 0.29) is 24.8 Å². The third-order valence-corrected chi connectivity index (χ3v) is 2.18. The molecule has 1 rings (SSSR count). The molecule has 0 saturated carbocycles. The maximum Gasteiger partial charge on any atom is 0.319 e. The molecule has 2 amide bonds. The maximum atomic E-state index is 11.4. The zero-order valence-corrected chi connectivity index (χ0v) is 8.78. The van der Waals surface area contributed by atoms with Crippen LogP contribution in [0.5, 0.6) is 0 Å². The molecule has 1 atom stereocenters. The van der Waals surface area contributed by atoms with E-state index in [4.69, 9.17) is 0 Å². The Labute approximate surface area is 87.6 Å². The van der Waals surface area contributed by atoms with Crippen LogP contribution < -0.4 is 5.32 Å². The Morgan fingerprint density at radius 3 is 2.73 bits per heavy atom. The number of carbonyl (C=O) groups is 3. The van der Waals surface area contributed by atoms with Crippen LogP contribution in [0.25, 0.3) is 0 Å². The molecule has 1 heterocycles. The highest BCUT2D eigenvalue weighted by molar-refractivity contribution is 6.05. The SMILES string of the molecule is CCOC(=O)CNC1CC(=O)N(C)C1=O. The van der Waals surface area contributed by atoms with Crippen molar-refractivity contribution >= 4 is 17.8 Å². The summed E-state index contributed by atoms with van der Waals surface area (Å²) in [6.45, 7) is 1.96. The first-order valence-electron chi connectivity index (χ1n) is 4.75. The number of likely N-dealkylation sites (tertiary alicyclic amines) is 1. The van der Waals surface area contributed by atoms with Gasteiger partial charge < -0.3 is 4.74 Å². The van der Waals surface area contributed by atoms with Gasteiger partial charge in [-0.05, 0) is 6.92 Å². The average molecular weight is 214 g/mol. The van der Waals surface area contributed by atoms with Gasteiger partial charge in [0, 0.05) is 7.05 Å². The fourth-order valence-electron chi connectivity index (χ4n) is 1.33. The minimum atomic E-state index is -0.591. The molecule has 1 aliphatic heterocycles. The van der Waals surface area contributed by atoms with Gasteiger partial charge in [-0.3, -0.25) is 24.6 Å². The largest absolute Gasteiger partial charge is 0.465 e. The van der Waals surface area contributed by atoms with E-state index in [0.717, 1.165) is 4.90 Å². The molecule has 6 heteroatoms. The van der Waals surface area contributed by atoms with Crippen molar-refractivity contribution in [2.75, 3.05) is 20.2 Å². The molecule has 15 heavy (non-hydrogen) atoms. The maximum absolute atomic E-state index is 11.4. The number of rotatable bonds is 4. The Morgan fingerprint density at radius 1 is 1.60 bits per heavy atom. The number of hydrogen-bond acceptors (Lipinski definition) is 5. The lowest BCUT2D eigenvalue weighted by atomic mass is 10.2. The van der Waals surface area contributed by atoms with Gasteiger partial charge in [0.2, 0.25) is 11.8 Å². The number of nitrogens with zero attached hydrogens (tertiary/aromatic N) is 1. The molecular formula is C9H14N2O4. The summed E-state index contributed by atoms with van der Waals surface area (Å²) < 4.78 is 4.68. The van der Waals surface area contributed by atoms with Crippen molar-refractivity contribution in [2.45, 2.75) is 19.4 Å². The fourth-order valence-corrected chi connectivity index (χ4v) is 1.33. The van der Waals surface area contributed by atoms with Gasteiger partial charge in [0.25, 0.3) is 0 Å². The van der Waals surface area contributed by atoms with Crippen LogP contribution in [0, 0.1) is 0 Å². The van der Waals surface area contributed by atoms with Crippen molar-refractivity contribution in [3.05, 3.63) is 0 Å². The number of nitrogens with one attached hydrogen (secondary N) is 1. The van der Waals surface area contributed by atoms with Crippen molar-refractivity contribution in [3.63, 3.8) is 0 Å². The summed E-state index contributed by atoms with van der Waals surface area (Å²) in [4.78, 5) is 34.5. The van der Waals surface area contributed by atoms with Crippen LogP contribution >= 0.6 is 0 Å². The molecule has 1 saturated heterocycles. The summed E-state index contributed by atoms with van der Waals surface area (Å²) in [6, 6.07) is -0.591. The molecular weight excluding hydrogens is 200 g/mol. The van der Waals surface area contributed by atoms with Crippen molar-refractivity contribution in [1.82, 2.24) is 10.2 Å². The minimum Gasteiger partial charge on any atom is -0.465 e. The van der Waals surface area contributed by atoms with Crippen LogP contribution in [0.15, 0.2) is 0 Å². The van der Waals surface area contributed by atoms with Gasteiger partial charge in [-0.2, -0.15) is 0 Å². The Morgan fingerprint density at radius 2 is 2.27 bits per heavy atom. The topological polar surface area (TPSA) is 75.7 Å². The molecule has 84 valence electrons. The number of imide groups is 1. The van der Waals surface area contributed by atoms with Crippen molar-refractivity contribution in [1.29, 1.82) is 0 Å². The normalized spacial score (nSPS) is 20.9. The molecule has 0 bridgehead atoms. The van der Waals surface area contributed by atoms with Crippen LogP contribution in [-0.4, -0.2) is 48.9 Å². The third kappa shape index (κ3) is 2.76. The van der Waals surface area contributed by atoms with Crippen molar-refractivity contribution < 1.29 is 19.1 Å². The van der Waals surface area contributed by atoms with Gasteiger partial charge in [-0.25, -0.2) is 0 Å². The molecule has 1 unspecified atom stereocenters. The summed E-state index contributed by atoms with van der Waals surface area (Å²) in [5.41, 5.74) is 0. The molecule has 1 fully saturated rings. The molecule has 6 nitrogen and oxygen atoms in total. The standard InChI is InChI=1S/C9H14N2O4/c1-3-15-8(13)5-10-6-4-7(12)11(2)9(6)14/h6,10H,3-5H2,1-2H3. The van der Waals surface area contributed by atoms with Gasteiger partial charge in [0.05, 0.1) is 25.6 Å². The van der Waals surface area contributed by atoms with Crippen LogP contribution in [0.4, 0.5) is 0 Å². The number of amides is 2. The zero-order chi connectivity index (χ0) is 11.4. The smallest absolute Gasteiger partial charge is 0.319 e. The van der Waals surface area contributed by atoms with Crippen LogP contribution in [0.3, 0.4) is 0 Å². The van der Waals surface area contributed by atoms with Crippen molar-refractivity contribution in [2.24, 2.45) is 0 Å². The summed E-state index contributed by atoms with van der Waals surface area (Å²) >= 11 is 0. The van der Waals surface area contributed by atoms with Gasteiger partial charge in [-0.15, -0.1) is 0 Å². The lowest BCUT2D eigenvalue weighted by Gasteiger charge is -2.09. The first kappa shape index (κ1) is 11.6. The van der Waals surface area contributed by atoms with Gasteiger partial charge >= 0.3 is 5.97 Å². The second kappa shape index (κ2) is 4.88. The quantitative estimate of drug-likeness (QED) is 0.474. The molecule has 0 aromatic carbocycles. The molecule has 1 N–H and O–H groups in total. The van der Waals surface area contributed by atoms with Crippen molar-refractivity contribution in [3.8, 4) is 0 Å². The Balaban J connectivity index is 2.37. The predicted octanol–water partition coefficient (Wildman–Crippen LogP) is -1.10. The number of hydrogen-bond donors (Lipinski definition) is 1. The first-order chi connectivity index (χ1) is 7.06.